The molecular formula is C11H21N5OS. The summed E-state index contributed by atoms with van der Waals surface area (Å²) in [5, 5.41) is 10.7. The average Bonchev–Trinajstić information content (AvgIpc) is 2.71. The van der Waals surface area contributed by atoms with E-state index in [1.54, 1.807) is 11.8 Å². The number of amides is 1. The molecule has 1 atom stereocenters. The minimum absolute atomic E-state index is 0.303. The first-order valence-corrected chi connectivity index (χ1v) is 7.03. The molecule has 102 valence electrons. The van der Waals surface area contributed by atoms with Crippen LogP contribution in [0, 0.1) is 6.92 Å². The maximum Gasteiger partial charge on any atom is 0.237 e. The Hall–Kier alpha value is -1.08. The topological polar surface area (TPSA) is 96.7 Å². The summed E-state index contributed by atoms with van der Waals surface area (Å²) >= 11 is 1.58. The molecule has 0 saturated carbocycles. The molecule has 0 bridgehead atoms. The van der Waals surface area contributed by atoms with E-state index in [-0.39, 0.29) is 5.91 Å². The quantitative estimate of drug-likeness (QED) is 0.481. The highest BCUT2D eigenvalue weighted by molar-refractivity contribution is 7.99. The Morgan fingerprint density at radius 2 is 2.33 bits per heavy atom. The molecule has 0 fully saturated rings. The molecule has 0 aliphatic heterocycles. The van der Waals surface area contributed by atoms with Crippen LogP contribution < -0.4 is 11.1 Å². The highest BCUT2D eigenvalue weighted by Gasteiger charge is 2.28. The first kappa shape index (κ1) is 15.0. The third-order valence-corrected chi connectivity index (χ3v) is 3.67. The molecule has 0 aliphatic rings. The lowest BCUT2D eigenvalue weighted by atomic mass is 9.95. The maximum atomic E-state index is 11.4. The number of nitrogens with zero attached hydrogens (tertiary/aromatic N) is 2. The summed E-state index contributed by atoms with van der Waals surface area (Å²) in [6.07, 6.45) is 1.59. The number of carbonyl (C=O) groups excluding carboxylic acids is 1. The number of H-pyrrole nitrogens is 1. The summed E-state index contributed by atoms with van der Waals surface area (Å²) in [5.74, 6) is 1.38. The SMILES string of the molecule is CCNC(C)(CCCSc1n[nH]c(C)n1)C(N)=O. The molecule has 0 radical (unpaired) electrons. The second kappa shape index (κ2) is 6.75. The third kappa shape index (κ3) is 4.30. The van der Waals surface area contributed by atoms with Gasteiger partial charge in [-0.3, -0.25) is 9.89 Å². The molecule has 1 heterocycles. The minimum Gasteiger partial charge on any atom is -0.368 e. The van der Waals surface area contributed by atoms with Gasteiger partial charge in [-0.15, -0.1) is 5.10 Å². The van der Waals surface area contributed by atoms with Crippen LogP contribution in [0.3, 0.4) is 0 Å². The molecule has 1 unspecified atom stereocenters. The number of thioether (sulfide) groups is 1. The number of aromatic amines is 1. The minimum atomic E-state index is -0.621. The van der Waals surface area contributed by atoms with Crippen LogP contribution in [0.5, 0.6) is 0 Å². The predicted octanol–water partition coefficient (Wildman–Crippen LogP) is 0.839. The van der Waals surface area contributed by atoms with Gasteiger partial charge in [0, 0.05) is 5.75 Å². The normalized spacial score (nSPS) is 14.4. The van der Waals surface area contributed by atoms with Crippen molar-refractivity contribution in [3.8, 4) is 0 Å². The van der Waals surface area contributed by atoms with Crippen LogP contribution >= 0.6 is 11.8 Å². The van der Waals surface area contributed by atoms with Crippen molar-refractivity contribution in [3.05, 3.63) is 5.82 Å². The number of rotatable bonds is 8. The predicted molar refractivity (Wildman–Crippen MR) is 72.4 cm³/mol. The van der Waals surface area contributed by atoms with Crippen LogP contribution in [-0.4, -0.2) is 38.9 Å². The van der Waals surface area contributed by atoms with Crippen molar-refractivity contribution in [1.29, 1.82) is 0 Å². The highest BCUT2D eigenvalue weighted by Crippen LogP contribution is 2.18. The number of likely N-dealkylation sites (N-methyl/N-ethyl adjacent to an activating group) is 1. The van der Waals surface area contributed by atoms with Gasteiger partial charge in [0.05, 0.1) is 5.54 Å². The monoisotopic (exact) mass is 271 g/mol. The second-order valence-corrected chi connectivity index (χ2v) is 5.44. The smallest absolute Gasteiger partial charge is 0.237 e. The van der Waals surface area contributed by atoms with Gasteiger partial charge in [0.25, 0.3) is 0 Å². The molecule has 1 aromatic rings. The molecule has 18 heavy (non-hydrogen) atoms. The van der Waals surface area contributed by atoms with E-state index in [1.165, 1.54) is 0 Å². The van der Waals surface area contributed by atoms with Crippen molar-refractivity contribution < 1.29 is 4.79 Å². The lowest BCUT2D eigenvalue weighted by molar-refractivity contribution is -0.124. The van der Waals surface area contributed by atoms with Gasteiger partial charge in [0.2, 0.25) is 11.1 Å². The van der Waals surface area contributed by atoms with E-state index in [0.29, 0.717) is 6.42 Å². The maximum absolute atomic E-state index is 11.4. The Labute approximate surface area is 112 Å². The Morgan fingerprint density at radius 3 is 2.83 bits per heavy atom. The number of aromatic nitrogens is 3. The van der Waals surface area contributed by atoms with Gasteiger partial charge in [-0.05, 0) is 33.2 Å². The van der Waals surface area contributed by atoms with Crippen molar-refractivity contribution in [2.24, 2.45) is 5.73 Å². The van der Waals surface area contributed by atoms with E-state index in [9.17, 15) is 4.79 Å². The van der Waals surface area contributed by atoms with Crippen molar-refractivity contribution in [2.75, 3.05) is 12.3 Å². The van der Waals surface area contributed by atoms with Crippen LogP contribution in [0.15, 0.2) is 5.16 Å². The molecule has 1 rings (SSSR count). The molecule has 0 aromatic carbocycles. The van der Waals surface area contributed by atoms with E-state index in [2.05, 4.69) is 20.5 Å². The zero-order valence-corrected chi connectivity index (χ0v) is 11.9. The summed E-state index contributed by atoms with van der Waals surface area (Å²) in [6, 6.07) is 0. The fourth-order valence-corrected chi connectivity index (χ4v) is 2.45. The van der Waals surface area contributed by atoms with Crippen LogP contribution in [0.4, 0.5) is 0 Å². The lowest BCUT2D eigenvalue weighted by Gasteiger charge is -2.26. The number of aryl methyl sites for hydroxylation is 1. The lowest BCUT2D eigenvalue weighted by Crippen LogP contribution is -2.53. The van der Waals surface area contributed by atoms with E-state index >= 15 is 0 Å². The molecule has 4 N–H and O–H groups in total. The molecule has 7 heteroatoms. The Balaban J connectivity index is 2.33. The summed E-state index contributed by atoms with van der Waals surface area (Å²) in [7, 11) is 0. The largest absolute Gasteiger partial charge is 0.368 e. The van der Waals surface area contributed by atoms with Gasteiger partial charge in [-0.2, -0.15) is 0 Å². The zero-order chi connectivity index (χ0) is 13.6. The van der Waals surface area contributed by atoms with Gasteiger partial charge < -0.3 is 11.1 Å². The van der Waals surface area contributed by atoms with Gasteiger partial charge in [-0.25, -0.2) is 4.98 Å². The number of carbonyl (C=O) groups is 1. The van der Waals surface area contributed by atoms with E-state index < -0.39 is 5.54 Å². The first-order valence-electron chi connectivity index (χ1n) is 6.04. The zero-order valence-electron chi connectivity index (χ0n) is 11.1. The fourth-order valence-electron chi connectivity index (χ4n) is 1.66. The third-order valence-electron chi connectivity index (χ3n) is 2.74. The summed E-state index contributed by atoms with van der Waals surface area (Å²) < 4.78 is 0. The number of hydrogen-bond donors (Lipinski definition) is 3. The van der Waals surface area contributed by atoms with Crippen molar-refractivity contribution in [1.82, 2.24) is 20.5 Å². The molecule has 0 spiro atoms. The van der Waals surface area contributed by atoms with Crippen LogP contribution in [-0.2, 0) is 4.79 Å². The molecule has 1 amide bonds. The average molecular weight is 271 g/mol. The Kier molecular flexibility index (Phi) is 5.61. The van der Waals surface area contributed by atoms with Crippen molar-refractivity contribution >= 4 is 17.7 Å². The van der Waals surface area contributed by atoms with Crippen LogP contribution in [0.2, 0.25) is 0 Å². The summed E-state index contributed by atoms with van der Waals surface area (Å²) in [4.78, 5) is 15.6. The van der Waals surface area contributed by atoms with E-state index in [0.717, 1.165) is 29.7 Å². The number of nitrogens with two attached hydrogens (primary N) is 1. The Bertz CT molecular complexity index is 395. The van der Waals surface area contributed by atoms with Gasteiger partial charge >= 0.3 is 0 Å². The standard InChI is InChI=1S/C11H21N5OS/c1-4-13-11(3,9(12)17)6-5-7-18-10-14-8(2)15-16-10/h13H,4-7H2,1-3H3,(H2,12,17)(H,14,15,16). The number of primary amides is 1. The molecular weight excluding hydrogens is 250 g/mol. The molecule has 1 aromatic heterocycles. The summed E-state index contributed by atoms with van der Waals surface area (Å²) in [6.45, 7) is 6.41. The molecule has 0 aliphatic carbocycles. The van der Waals surface area contributed by atoms with Gasteiger partial charge in [-0.1, -0.05) is 18.7 Å². The first-order chi connectivity index (χ1) is 8.48. The van der Waals surface area contributed by atoms with E-state index in [1.807, 2.05) is 20.8 Å². The van der Waals surface area contributed by atoms with E-state index in [4.69, 9.17) is 5.73 Å². The van der Waals surface area contributed by atoms with Crippen LogP contribution in [0.1, 0.15) is 32.5 Å². The number of hydrogen-bond acceptors (Lipinski definition) is 5. The van der Waals surface area contributed by atoms with Gasteiger partial charge in [0.1, 0.15) is 5.82 Å². The molecule has 6 nitrogen and oxygen atoms in total. The fraction of sp³-hybridized carbons (Fsp3) is 0.727. The van der Waals surface area contributed by atoms with Crippen molar-refractivity contribution in [3.63, 3.8) is 0 Å². The summed E-state index contributed by atoms with van der Waals surface area (Å²) in [5.41, 5.74) is 4.79. The Morgan fingerprint density at radius 1 is 1.61 bits per heavy atom. The number of nitrogens with one attached hydrogen (secondary N) is 2. The highest BCUT2D eigenvalue weighted by atomic mass is 32.2. The van der Waals surface area contributed by atoms with Crippen molar-refractivity contribution in [2.45, 2.75) is 44.3 Å². The van der Waals surface area contributed by atoms with Gasteiger partial charge in [0.15, 0.2) is 0 Å². The molecule has 0 saturated heterocycles. The van der Waals surface area contributed by atoms with Crippen LogP contribution in [0.25, 0.3) is 0 Å². The second-order valence-electron chi connectivity index (χ2n) is 4.38.